The summed E-state index contributed by atoms with van der Waals surface area (Å²) in [4.78, 5) is 0. The van der Waals surface area contributed by atoms with Gasteiger partial charge >= 0.3 is 0 Å². The molecule has 2 heteroatoms. The quantitative estimate of drug-likeness (QED) is 0.378. The number of hydrogen-bond donors (Lipinski definition) is 0. The summed E-state index contributed by atoms with van der Waals surface area (Å²) in [7, 11) is 0.219. The van der Waals surface area contributed by atoms with Crippen LogP contribution in [0.2, 0.25) is 0 Å². The van der Waals surface area contributed by atoms with Gasteiger partial charge in [0.05, 0.1) is 0 Å². The van der Waals surface area contributed by atoms with Gasteiger partial charge in [0.2, 0.25) is 0 Å². The zero-order valence-electron chi connectivity index (χ0n) is 11.1. The fraction of sp³-hybridized carbons (Fsp3) is 0.692. The molecule has 0 rings (SSSR count). The van der Waals surface area contributed by atoms with Gasteiger partial charge in [0, 0.05) is 21.7 Å². The summed E-state index contributed by atoms with van der Waals surface area (Å²) in [6, 6.07) is 0. The van der Waals surface area contributed by atoms with Crippen molar-refractivity contribution in [3.63, 3.8) is 0 Å². The van der Waals surface area contributed by atoms with Gasteiger partial charge in [0.15, 0.2) is 0 Å². The Labute approximate surface area is 112 Å². The Hall–Kier alpha value is 0.624. The Balaban J connectivity index is 0. The third-order valence-corrected chi connectivity index (χ3v) is 5.33. The van der Waals surface area contributed by atoms with Crippen molar-refractivity contribution in [3.8, 4) is 0 Å². The number of allylic oxidation sites excluding steroid dienone is 4. The predicted octanol–water partition coefficient (Wildman–Crippen LogP) is 4.81. The van der Waals surface area contributed by atoms with E-state index in [4.69, 9.17) is 0 Å². The molecule has 1 atom stereocenters. The Kier molecular flexibility index (Phi) is 11.8. The van der Waals surface area contributed by atoms with Crippen LogP contribution in [0.1, 0.15) is 41.5 Å². The summed E-state index contributed by atoms with van der Waals surface area (Å²) < 4.78 is 0. The van der Waals surface area contributed by atoms with Crippen molar-refractivity contribution >= 4 is 7.92 Å². The molecule has 0 saturated heterocycles. The van der Waals surface area contributed by atoms with Crippen LogP contribution in [0.15, 0.2) is 23.3 Å². The maximum absolute atomic E-state index is 2.44. The largest absolute Gasteiger partial charge is 0.100 e. The topological polar surface area (TPSA) is 0 Å². The Morgan fingerprint density at radius 1 is 1.13 bits per heavy atom. The fourth-order valence-corrected chi connectivity index (χ4v) is 3.83. The summed E-state index contributed by atoms with van der Waals surface area (Å²) >= 11 is 0. The zero-order chi connectivity index (χ0) is 11.1. The Bertz CT molecular complexity index is 211. The molecule has 15 heavy (non-hydrogen) atoms. The Morgan fingerprint density at radius 3 is 1.93 bits per heavy atom. The molecule has 86 valence electrons. The molecule has 0 bridgehead atoms. The molecule has 0 radical (unpaired) electrons. The Morgan fingerprint density at radius 2 is 1.60 bits per heavy atom. The molecule has 0 aliphatic rings. The first-order valence-corrected chi connectivity index (χ1v) is 7.36. The van der Waals surface area contributed by atoms with E-state index in [1.165, 1.54) is 23.5 Å². The normalized spacial score (nSPS) is 13.4. The standard InChI is InChI=1S/C13H25P.Ti/c1-7-14(8-2)13(6)10-12(5)9-11(3)4;/h9-10,13H,7-8H2,1-6H3;. The van der Waals surface area contributed by atoms with Crippen molar-refractivity contribution in [1.29, 1.82) is 0 Å². The van der Waals surface area contributed by atoms with Gasteiger partial charge in [0.1, 0.15) is 0 Å². The van der Waals surface area contributed by atoms with Crippen LogP contribution in [0.5, 0.6) is 0 Å². The second-order valence-corrected chi connectivity index (χ2v) is 7.35. The molecule has 0 nitrogen and oxygen atoms in total. The zero-order valence-corrected chi connectivity index (χ0v) is 13.5. The van der Waals surface area contributed by atoms with Gasteiger partial charge in [-0.3, -0.25) is 0 Å². The average molecular weight is 260 g/mol. The molecule has 0 aliphatic heterocycles. The third kappa shape index (κ3) is 8.43. The van der Waals surface area contributed by atoms with E-state index in [0.717, 1.165) is 5.66 Å². The summed E-state index contributed by atoms with van der Waals surface area (Å²) in [5.74, 6) is 0. The molecule has 0 aliphatic carbocycles. The minimum absolute atomic E-state index is 0. The van der Waals surface area contributed by atoms with Gasteiger partial charge < -0.3 is 0 Å². The van der Waals surface area contributed by atoms with Crippen LogP contribution < -0.4 is 0 Å². The van der Waals surface area contributed by atoms with E-state index in [-0.39, 0.29) is 29.6 Å². The first-order chi connectivity index (χ1) is 6.51. The minimum atomic E-state index is 0. The van der Waals surface area contributed by atoms with E-state index in [1.807, 2.05) is 0 Å². The molecule has 0 spiro atoms. The second-order valence-electron chi connectivity index (χ2n) is 4.09. The third-order valence-electron chi connectivity index (χ3n) is 2.41. The smallest absolute Gasteiger partial charge is 0 e. The maximum Gasteiger partial charge on any atom is 0 e. The first kappa shape index (κ1) is 18.0. The van der Waals surface area contributed by atoms with E-state index < -0.39 is 0 Å². The molecule has 1 unspecified atom stereocenters. The van der Waals surface area contributed by atoms with Gasteiger partial charge in [-0.25, -0.2) is 0 Å². The van der Waals surface area contributed by atoms with Gasteiger partial charge in [-0.1, -0.05) is 44.1 Å². The van der Waals surface area contributed by atoms with Crippen LogP contribution >= 0.6 is 7.92 Å². The molecule has 0 N–H and O–H groups in total. The summed E-state index contributed by atoms with van der Waals surface area (Å²) in [6.07, 6.45) is 7.41. The van der Waals surface area contributed by atoms with E-state index in [9.17, 15) is 0 Å². The van der Waals surface area contributed by atoms with E-state index in [1.54, 1.807) is 0 Å². The van der Waals surface area contributed by atoms with Crippen LogP contribution in [0.4, 0.5) is 0 Å². The summed E-state index contributed by atoms with van der Waals surface area (Å²) in [6.45, 7) is 13.5. The van der Waals surface area contributed by atoms with Crippen LogP contribution in [0, 0.1) is 0 Å². The molecular formula is C13H25PTi. The van der Waals surface area contributed by atoms with E-state index >= 15 is 0 Å². The van der Waals surface area contributed by atoms with Crippen LogP contribution in [-0.2, 0) is 21.7 Å². The van der Waals surface area contributed by atoms with Gasteiger partial charge in [0.25, 0.3) is 0 Å². The van der Waals surface area contributed by atoms with Crippen molar-refractivity contribution in [1.82, 2.24) is 0 Å². The van der Waals surface area contributed by atoms with Crippen molar-refractivity contribution in [3.05, 3.63) is 23.3 Å². The number of hydrogen-bond acceptors (Lipinski definition) is 0. The minimum Gasteiger partial charge on any atom is -0.100 e. The molecule has 0 heterocycles. The second kappa shape index (κ2) is 9.82. The maximum atomic E-state index is 2.44. The molecule has 0 aromatic rings. The average Bonchev–Trinajstić information content (AvgIpc) is 2.04. The van der Waals surface area contributed by atoms with Crippen molar-refractivity contribution in [2.45, 2.75) is 47.2 Å². The molecule has 0 aromatic heterocycles. The molecule has 0 amide bonds. The SMILES string of the molecule is CCP(CC)C(C)C=C(C)C=C(C)C.[Ti]. The summed E-state index contributed by atoms with van der Waals surface area (Å²) in [5.41, 5.74) is 3.59. The van der Waals surface area contributed by atoms with E-state index in [0.29, 0.717) is 0 Å². The number of rotatable bonds is 5. The van der Waals surface area contributed by atoms with Crippen LogP contribution in [-0.4, -0.2) is 18.0 Å². The molecular weight excluding hydrogens is 235 g/mol. The molecule has 0 saturated carbocycles. The van der Waals surface area contributed by atoms with Gasteiger partial charge in [-0.15, -0.1) is 7.92 Å². The molecule has 0 fully saturated rings. The van der Waals surface area contributed by atoms with Crippen molar-refractivity contribution in [2.24, 2.45) is 0 Å². The van der Waals surface area contributed by atoms with Crippen molar-refractivity contribution < 1.29 is 21.7 Å². The van der Waals surface area contributed by atoms with Crippen LogP contribution in [0.25, 0.3) is 0 Å². The van der Waals surface area contributed by atoms with Gasteiger partial charge in [-0.2, -0.15) is 0 Å². The molecule has 0 aromatic carbocycles. The van der Waals surface area contributed by atoms with Gasteiger partial charge in [-0.05, 0) is 38.8 Å². The first-order valence-electron chi connectivity index (χ1n) is 5.58. The monoisotopic (exact) mass is 260 g/mol. The van der Waals surface area contributed by atoms with E-state index in [2.05, 4.69) is 53.7 Å². The van der Waals surface area contributed by atoms with Crippen molar-refractivity contribution in [2.75, 3.05) is 12.3 Å². The predicted molar refractivity (Wildman–Crippen MR) is 70.7 cm³/mol. The fourth-order valence-electron chi connectivity index (χ4n) is 1.79. The van der Waals surface area contributed by atoms with Crippen LogP contribution in [0.3, 0.4) is 0 Å². The summed E-state index contributed by atoms with van der Waals surface area (Å²) in [5, 5.41) is 0.